The van der Waals surface area contributed by atoms with Gasteiger partial charge in [0, 0.05) is 29.3 Å². The summed E-state index contributed by atoms with van der Waals surface area (Å²) >= 11 is 3.19. The molecule has 140 valence electrons. The molecule has 1 aliphatic heterocycles. The standard InChI is InChI=1S/C19H21N5OS2/c1-13-20-16(11-26-13)19-23-22-17-8-7-14(9-10-24(17)19)21-18(25)12-27-15-5-3-2-4-6-15/h2-6,11,14H,7-10,12H2,1H3,(H,21,25). The maximum absolute atomic E-state index is 12.3. The highest BCUT2D eigenvalue weighted by atomic mass is 32.2. The molecule has 0 saturated heterocycles. The van der Waals surface area contributed by atoms with Crippen LogP contribution in [0.25, 0.3) is 11.5 Å². The molecule has 0 radical (unpaired) electrons. The summed E-state index contributed by atoms with van der Waals surface area (Å²) in [5, 5.41) is 14.9. The molecule has 3 aromatic rings. The average molecular weight is 400 g/mol. The number of rotatable bonds is 5. The number of thioether (sulfide) groups is 1. The van der Waals surface area contributed by atoms with Crippen LogP contribution in [-0.4, -0.2) is 37.5 Å². The van der Waals surface area contributed by atoms with E-state index in [-0.39, 0.29) is 11.9 Å². The molecule has 1 N–H and O–H groups in total. The first kappa shape index (κ1) is 18.2. The molecular formula is C19H21N5OS2. The summed E-state index contributed by atoms with van der Waals surface area (Å²) in [5.41, 5.74) is 0.887. The van der Waals surface area contributed by atoms with Crippen LogP contribution in [0.1, 0.15) is 23.7 Å². The van der Waals surface area contributed by atoms with E-state index in [1.165, 1.54) is 0 Å². The van der Waals surface area contributed by atoms with Gasteiger partial charge in [-0.2, -0.15) is 0 Å². The van der Waals surface area contributed by atoms with Crippen molar-refractivity contribution in [2.75, 3.05) is 5.75 Å². The number of amides is 1. The number of fused-ring (bicyclic) bond motifs is 1. The minimum Gasteiger partial charge on any atom is -0.353 e. The first-order valence-corrected chi connectivity index (χ1v) is 10.9. The van der Waals surface area contributed by atoms with Crippen molar-refractivity contribution in [3.05, 3.63) is 46.5 Å². The molecule has 0 spiro atoms. The largest absolute Gasteiger partial charge is 0.353 e. The van der Waals surface area contributed by atoms with E-state index in [2.05, 4.69) is 25.1 Å². The normalized spacial score (nSPS) is 16.6. The van der Waals surface area contributed by atoms with Gasteiger partial charge in [0.05, 0.1) is 10.8 Å². The Morgan fingerprint density at radius 2 is 2.15 bits per heavy atom. The fourth-order valence-corrected chi connectivity index (χ4v) is 4.54. The Morgan fingerprint density at radius 3 is 2.93 bits per heavy atom. The first-order valence-electron chi connectivity index (χ1n) is 9.01. The monoisotopic (exact) mass is 399 g/mol. The Kier molecular flexibility index (Phi) is 5.54. The molecule has 1 aromatic carbocycles. The minimum absolute atomic E-state index is 0.0851. The summed E-state index contributed by atoms with van der Waals surface area (Å²) in [6.45, 7) is 2.79. The Hall–Kier alpha value is -2.19. The molecule has 1 amide bonds. The van der Waals surface area contributed by atoms with Gasteiger partial charge in [0.2, 0.25) is 5.91 Å². The number of nitrogens with zero attached hydrogens (tertiary/aromatic N) is 4. The smallest absolute Gasteiger partial charge is 0.230 e. The van der Waals surface area contributed by atoms with Gasteiger partial charge in [0.15, 0.2) is 5.82 Å². The molecule has 2 aromatic heterocycles. The van der Waals surface area contributed by atoms with Crippen molar-refractivity contribution in [2.24, 2.45) is 0 Å². The molecule has 4 rings (SSSR count). The van der Waals surface area contributed by atoms with Gasteiger partial charge in [-0.25, -0.2) is 4.98 Å². The molecule has 27 heavy (non-hydrogen) atoms. The third kappa shape index (κ3) is 4.39. The van der Waals surface area contributed by atoms with Crippen LogP contribution in [0.2, 0.25) is 0 Å². The molecule has 1 aliphatic rings. The zero-order valence-corrected chi connectivity index (χ0v) is 16.7. The van der Waals surface area contributed by atoms with E-state index in [0.717, 1.165) is 53.1 Å². The number of hydrogen-bond acceptors (Lipinski definition) is 6. The van der Waals surface area contributed by atoms with Gasteiger partial charge in [-0.15, -0.1) is 33.3 Å². The third-order valence-electron chi connectivity index (χ3n) is 4.57. The van der Waals surface area contributed by atoms with E-state index in [0.29, 0.717) is 5.75 Å². The number of aryl methyl sites for hydroxylation is 2. The number of carbonyl (C=O) groups excluding carboxylic acids is 1. The van der Waals surface area contributed by atoms with Gasteiger partial charge >= 0.3 is 0 Å². The van der Waals surface area contributed by atoms with Crippen LogP contribution in [0.5, 0.6) is 0 Å². The summed E-state index contributed by atoms with van der Waals surface area (Å²) in [6, 6.07) is 10.2. The Labute approximate surface area is 166 Å². The molecule has 0 aliphatic carbocycles. The summed E-state index contributed by atoms with van der Waals surface area (Å²) in [6.07, 6.45) is 2.58. The first-order chi connectivity index (χ1) is 13.2. The van der Waals surface area contributed by atoms with Crippen LogP contribution < -0.4 is 5.32 Å². The Balaban J connectivity index is 1.35. The molecule has 8 heteroatoms. The highest BCUT2D eigenvalue weighted by molar-refractivity contribution is 8.00. The van der Waals surface area contributed by atoms with Crippen molar-refractivity contribution in [1.29, 1.82) is 0 Å². The van der Waals surface area contributed by atoms with Crippen molar-refractivity contribution in [3.8, 4) is 11.5 Å². The fourth-order valence-electron chi connectivity index (χ4n) is 3.22. The average Bonchev–Trinajstić information content (AvgIpc) is 3.23. The van der Waals surface area contributed by atoms with Crippen molar-refractivity contribution in [1.82, 2.24) is 25.1 Å². The lowest BCUT2D eigenvalue weighted by atomic mass is 10.1. The molecule has 1 unspecified atom stereocenters. The summed E-state index contributed by atoms with van der Waals surface area (Å²) in [4.78, 5) is 18.0. The van der Waals surface area contributed by atoms with Crippen LogP contribution in [0, 0.1) is 6.92 Å². The number of benzene rings is 1. The van der Waals surface area contributed by atoms with Crippen molar-refractivity contribution in [2.45, 2.75) is 43.7 Å². The van der Waals surface area contributed by atoms with Crippen LogP contribution >= 0.6 is 23.1 Å². The van der Waals surface area contributed by atoms with E-state index >= 15 is 0 Å². The highest BCUT2D eigenvalue weighted by Crippen LogP contribution is 2.24. The fraction of sp³-hybridized carbons (Fsp3) is 0.368. The van der Waals surface area contributed by atoms with Crippen molar-refractivity contribution >= 4 is 29.0 Å². The Bertz CT molecular complexity index is 921. The molecule has 3 heterocycles. The third-order valence-corrected chi connectivity index (χ3v) is 6.36. The maximum Gasteiger partial charge on any atom is 0.230 e. The lowest BCUT2D eigenvalue weighted by Gasteiger charge is -2.16. The van der Waals surface area contributed by atoms with Gasteiger partial charge in [-0.05, 0) is 31.9 Å². The van der Waals surface area contributed by atoms with E-state index < -0.39 is 0 Å². The second-order valence-corrected chi connectivity index (χ2v) is 8.65. The van der Waals surface area contributed by atoms with Crippen LogP contribution in [0.3, 0.4) is 0 Å². The van der Waals surface area contributed by atoms with Gasteiger partial charge in [-0.3, -0.25) is 4.79 Å². The minimum atomic E-state index is 0.0851. The quantitative estimate of drug-likeness (QED) is 0.666. The topological polar surface area (TPSA) is 72.7 Å². The maximum atomic E-state index is 12.3. The van der Waals surface area contributed by atoms with E-state index in [9.17, 15) is 4.79 Å². The van der Waals surface area contributed by atoms with Gasteiger partial charge in [0.1, 0.15) is 11.5 Å². The lowest BCUT2D eigenvalue weighted by molar-refractivity contribution is -0.119. The second-order valence-electron chi connectivity index (χ2n) is 6.54. The lowest BCUT2D eigenvalue weighted by Crippen LogP contribution is -2.36. The number of thiazole rings is 1. The predicted octanol–water partition coefficient (Wildman–Crippen LogP) is 3.32. The molecule has 0 saturated carbocycles. The number of nitrogens with one attached hydrogen (secondary N) is 1. The van der Waals surface area contributed by atoms with Gasteiger partial charge in [-0.1, -0.05) is 18.2 Å². The van der Waals surface area contributed by atoms with E-state index in [4.69, 9.17) is 0 Å². The van der Waals surface area contributed by atoms with Crippen molar-refractivity contribution in [3.63, 3.8) is 0 Å². The Morgan fingerprint density at radius 1 is 1.30 bits per heavy atom. The van der Waals surface area contributed by atoms with Crippen LogP contribution in [0.4, 0.5) is 0 Å². The molecule has 6 nitrogen and oxygen atoms in total. The van der Waals surface area contributed by atoms with Crippen LogP contribution in [-0.2, 0) is 17.8 Å². The number of aromatic nitrogens is 4. The molecule has 0 fully saturated rings. The molecule has 1 atom stereocenters. The zero-order chi connectivity index (χ0) is 18.6. The van der Waals surface area contributed by atoms with Gasteiger partial charge < -0.3 is 9.88 Å². The van der Waals surface area contributed by atoms with E-state index in [1.54, 1.807) is 23.1 Å². The van der Waals surface area contributed by atoms with Crippen LogP contribution in [0.15, 0.2) is 40.6 Å². The second kappa shape index (κ2) is 8.22. The number of carbonyl (C=O) groups is 1. The van der Waals surface area contributed by atoms with Gasteiger partial charge in [0.25, 0.3) is 0 Å². The molecular weight excluding hydrogens is 378 g/mol. The summed E-state index contributed by atoms with van der Waals surface area (Å²) in [7, 11) is 0. The highest BCUT2D eigenvalue weighted by Gasteiger charge is 2.23. The number of hydrogen-bond donors (Lipinski definition) is 1. The molecule has 0 bridgehead atoms. The summed E-state index contributed by atoms with van der Waals surface area (Å²) < 4.78 is 2.15. The van der Waals surface area contributed by atoms with E-state index in [1.807, 2.05) is 42.6 Å². The SMILES string of the molecule is Cc1nc(-c2nnc3n2CCC(NC(=O)CSc2ccccc2)CC3)cs1. The summed E-state index contributed by atoms with van der Waals surface area (Å²) in [5.74, 6) is 2.34. The predicted molar refractivity (Wildman–Crippen MR) is 108 cm³/mol. The van der Waals surface area contributed by atoms with Crippen molar-refractivity contribution < 1.29 is 4.79 Å². The zero-order valence-electron chi connectivity index (χ0n) is 15.1.